The number of ether oxygens (including phenoxy) is 1. The average molecular weight is 391 g/mol. The SMILES string of the molecule is CCCCCCCC/C=C\CCCCCCCC(=O)OCCCCCC.[H-].[Na+]. The predicted molar refractivity (Wildman–Crippen MR) is 116 cm³/mol. The van der Waals surface area contributed by atoms with Gasteiger partial charge in [0.1, 0.15) is 0 Å². The standard InChI is InChI=1S/C24H46O2.Na.H/c1-3-5-7-9-10-11-12-13-14-15-16-17-18-19-20-22-24(25)26-23-21-8-6-4-2;;/h13-14H,3-12,15-23H2,1-2H3;;/q;+1;-1/b14-13-;;. The average Bonchev–Trinajstić information content (AvgIpc) is 2.64. The summed E-state index contributed by atoms with van der Waals surface area (Å²) >= 11 is 0. The summed E-state index contributed by atoms with van der Waals surface area (Å²) in [6.45, 7) is 5.08. The number of rotatable bonds is 20. The minimum atomic E-state index is -0.000809. The molecule has 0 unspecified atom stereocenters. The molecule has 0 saturated carbocycles. The van der Waals surface area contributed by atoms with Gasteiger partial charge in [0.2, 0.25) is 0 Å². The second-order valence-corrected chi connectivity index (χ2v) is 7.62. The van der Waals surface area contributed by atoms with Gasteiger partial charge in [-0.15, -0.1) is 0 Å². The molecule has 0 aromatic heterocycles. The van der Waals surface area contributed by atoms with Gasteiger partial charge in [0.05, 0.1) is 6.61 Å². The molecule has 0 fully saturated rings. The summed E-state index contributed by atoms with van der Waals surface area (Å²) < 4.78 is 5.26. The molecule has 0 aromatic carbocycles. The third-order valence-electron chi connectivity index (χ3n) is 4.90. The molecule has 0 amide bonds. The van der Waals surface area contributed by atoms with Gasteiger partial charge in [0.15, 0.2) is 0 Å². The number of esters is 1. The maximum atomic E-state index is 11.6. The van der Waals surface area contributed by atoms with E-state index in [0.29, 0.717) is 13.0 Å². The van der Waals surface area contributed by atoms with Crippen molar-refractivity contribution in [2.75, 3.05) is 6.61 Å². The fourth-order valence-corrected chi connectivity index (χ4v) is 3.13. The van der Waals surface area contributed by atoms with Crippen molar-refractivity contribution in [3.63, 3.8) is 0 Å². The van der Waals surface area contributed by atoms with E-state index in [1.807, 2.05) is 0 Å². The summed E-state index contributed by atoms with van der Waals surface area (Å²) in [6.07, 6.45) is 26.8. The molecule has 0 aliphatic carbocycles. The maximum absolute atomic E-state index is 11.6. The first kappa shape index (κ1) is 29.4. The number of allylic oxidation sites excluding steroid dienone is 2. The van der Waals surface area contributed by atoms with Crippen molar-refractivity contribution in [3.8, 4) is 0 Å². The van der Waals surface area contributed by atoms with Crippen molar-refractivity contribution >= 4 is 5.97 Å². The Bertz CT molecular complexity index is 322. The summed E-state index contributed by atoms with van der Waals surface area (Å²) in [7, 11) is 0. The van der Waals surface area contributed by atoms with Crippen LogP contribution in [0.2, 0.25) is 0 Å². The molecule has 0 rings (SSSR count). The Hall–Kier alpha value is 0.210. The van der Waals surface area contributed by atoms with Crippen LogP contribution in [-0.2, 0) is 9.53 Å². The zero-order chi connectivity index (χ0) is 19.1. The quantitative estimate of drug-likeness (QED) is 0.123. The summed E-state index contributed by atoms with van der Waals surface area (Å²) in [6, 6.07) is 0. The molecule has 0 atom stereocenters. The molecular formula is C24H47NaO2. The van der Waals surface area contributed by atoms with Gasteiger partial charge in [-0.3, -0.25) is 4.79 Å². The third kappa shape index (κ3) is 26.2. The molecule has 156 valence electrons. The van der Waals surface area contributed by atoms with Crippen LogP contribution in [0.5, 0.6) is 0 Å². The van der Waals surface area contributed by atoms with Crippen LogP contribution < -0.4 is 29.6 Å². The molecule has 0 heterocycles. The Morgan fingerprint density at radius 1 is 0.667 bits per heavy atom. The Labute approximate surface area is 194 Å². The molecule has 0 N–H and O–H groups in total. The normalized spacial score (nSPS) is 10.9. The van der Waals surface area contributed by atoms with E-state index in [9.17, 15) is 4.79 Å². The Morgan fingerprint density at radius 3 is 1.67 bits per heavy atom. The third-order valence-corrected chi connectivity index (χ3v) is 4.90. The number of carbonyl (C=O) groups is 1. The molecule has 0 spiro atoms. The topological polar surface area (TPSA) is 26.3 Å². The zero-order valence-corrected chi connectivity index (χ0v) is 20.9. The van der Waals surface area contributed by atoms with E-state index in [0.717, 1.165) is 19.3 Å². The summed E-state index contributed by atoms with van der Waals surface area (Å²) in [5.74, 6) is -0.000809. The molecule has 0 aliphatic heterocycles. The van der Waals surface area contributed by atoms with Crippen molar-refractivity contribution in [1.29, 1.82) is 0 Å². The van der Waals surface area contributed by atoms with E-state index >= 15 is 0 Å². The molecule has 3 heteroatoms. The van der Waals surface area contributed by atoms with Crippen LogP contribution >= 0.6 is 0 Å². The monoisotopic (exact) mass is 390 g/mol. The first-order valence-corrected chi connectivity index (χ1v) is 11.6. The first-order valence-electron chi connectivity index (χ1n) is 11.6. The fourth-order valence-electron chi connectivity index (χ4n) is 3.13. The van der Waals surface area contributed by atoms with E-state index in [-0.39, 0.29) is 37.0 Å². The second-order valence-electron chi connectivity index (χ2n) is 7.62. The van der Waals surface area contributed by atoms with Crippen LogP contribution in [0, 0.1) is 0 Å². The molecule has 27 heavy (non-hydrogen) atoms. The minimum absolute atomic E-state index is 0. The van der Waals surface area contributed by atoms with Gasteiger partial charge >= 0.3 is 35.5 Å². The summed E-state index contributed by atoms with van der Waals surface area (Å²) in [5, 5.41) is 0. The van der Waals surface area contributed by atoms with E-state index < -0.39 is 0 Å². The van der Waals surface area contributed by atoms with Crippen LogP contribution in [0.4, 0.5) is 0 Å². The number of hydrogen-bond acceptors (Lipinski definition) is 2. The summed E-state index contributed by atoms with van der Waals surface area (Å²) in [5.41, 5.74) is 0. The van der Waals surface area contributed by atoms with Crippen LogP contribution in [0.15, 0.2) is 12.2 Å². The van der Waals surface area contributed by atoms with Crippen molar-refractivity contribution in [1.82, 2.24) is 0 Å². The van der Waals surface area contributed by atoms with E-state index in [1.165, 1.54) is 89.9 Å². The first-order chi connectivity index (χ1) is 12.8. The van der Waals surface area contributed by atoms with E-state index in [2.05, 4.69) is 26.0 Å². The molecule has 0 saturated heterocycles. The van der Waals surface area contributed by atoms with Crippen molar-refractivity contribution in [2.24, 2.45) is 0 Å². The van der Waals surface area contributed by atoms with Crippen molar-refractivity contribution < 1.29 is 40.5 Å². The number of hydrogen-bond donors (Lipinski definition) is 0. The van der Waals surface area contributed by atoms with Crippen LogP contribution in [0.25, 0.3) is 0 Å². The van der Waals surface area contributed by atoms with Gasteiger partial charge in [0.25, 0.3) is 0 Å². The van der Waals surface area contributed by atoms with Crippen LogP contribution in [0.1, 0.15) is 131 Å². The van der Waals surface area contributed by atoms with Gasteiger partial charge in [-0.2, -0.15) is 0 Å². The van der Waals surface area contributed by atoms with Crippen molar-refractivity contribution in [3.05, 3.63) is 12.2 Å². The fraction of sp³-hybridized carbons (Fsp3) is 0.875. The maximum Gasteiger partial charge on any atom is 1.00 e. The zero-order valence-electron chi connectivity index (χ0n) is 19.9. The van der Waals surface area contributed by atoms with Gasteiger partial charge in [-0.05, 0) is 38.5 Å². The second kappa shape index (κ2) is 26.2. The molecule has 0 radical (unpaired) electrons. The predicted octanol–water partition coefficient (Wildman–Crippen LogP) is 5.26. The minimum Gasteiger partial charge on any atom is -1.00 e. The number of carbonyl (C=O) groups excluding carboxylic acids is 1. The van der Waals surface area contributed by atoms with E-state index in [4.69, 9.17) is 4.74 Å². The molecule has 0 aromatic rings. The van der Waals surface area contributed by atoms with Crippen molar-refractivity contribution in [2.45, 2.75) is 129 Å². The van der Waals surface area contributed by atoms with Gasteiger partial charge in [-0.25, -0.2) is 0 Å². The summed E-state index contributed by atoms with van der Waals surface area (Å²) in [4.78, 5) is 11.6. The molecule has 0 aliphatic rings. The molecule has 2 nitrogen and oxygen atoms in total. The van der Waals surface area contributed by atoms with E-state index in [1.54, 1.807) is 0 Å². The van der Waals surface area contributed by atoms with Gasteiger partial charge in [0, 0.05) is 6.42 Å². The molecular weight excluding hydrogens is 343 g/mol. The van der Waals surface area contributed by atoms with Crippen LogP contribution in [0.3, 0.4) is 0 Å². The van der Waals surface area contributed by atoms with Gasteiger partial charge < -0.3 is 6.16 Å². The van der Waals surface area contributed by atoms with Gasteiger partial charge in [-0.1, -0.05) is 96.6 Å². The Kier molecular flexibility index (Phi) is 28.6. The number of unbranched alkanes of at least 4 members (excludes halogenated alkanes) is 14. The Balaban J connectivity index is -0.00000312. The Morgan fingerprint density at radius 2 is 1.11 bits per heavy atom. The smallest absolute Gasteiger partial charge is 1.00 e. The molecule has 0 bridgehead atoms. The van der Waals surface area contributed by atoms with Crippen LogP contribution in [-0.4, -0.2) is 12.6 Å². The largest absolute Gasteiger partial charge is 1.00 e.